The van der Waals surface area contributed by atoms with E-state index in [9.17, 15) is 0 Å². The van der Waals surface area contributed by atoms with Crippen LogP contribution in [-0.2, 0) is 0 Å². The van der Waals surface area contributed by atoms with Gasteiger partial charge in [-0.1, -0.05) is 19.3 Å². The Balaban J connectivity index is 1.96. The number of nitrogens with two attached hydrogens (primary N) is 1. The third-order valence-electron chi connectivity index (χ3n) is 2.48. The van der Waals surface area contributed by atoms with Gasteiger partial charge in [0.15, 0.2) is 0 Å². The quantitative estimate of drug-likeness (QED) is 0.598. The van der Waals surface area contributed by atoms with Crippen LogP contribution in [0.5, 0.6) is 0 Å². The molecule has 66 valence electrons. The molecular formula is C9H20N2. The average Bonchev–Trinajstić information content (AvgIpc) is 2.07. The van der Waals surface area contributed by atoms with Gasteiger partial charge in [-0.25, -0.2) is 0 Å². The number of rotatable bonds is 4. The van der Waals surface area contributed by atoms with E-state index in [4.69, 9.17) is 5.73 Å². The summed E-state index contributed by atoms with van der Waals surface area (Å²) in [4.78, 5) is 0. The second kappa shape index (κ2) is 5.56. The molecule has 0 radical (unpaired) electrons. The SMILES string of the molecule is NCCNCC1CCCCC1. The van der Waals surface area contributed by atoms with Crippen molar-refractivity contribution in [2.75, 3.05) is 19.6 Å². The van der Waals surface area contributed by atoms with Crippen LogP contribution in [0.25, 0.3) is 0 Å². The topological polar surface area (TPSA) is 38.0 Å². The third-order valence-corrected chi connectivity index (χ3v) is 2.48. The van der Waals surface area contributed by atoms with E-state index < -0.39 is 0 Å². The molecule has 0 aromatic carbocycles. The van der Waals surface area contributed by atoms with Crippen LogP contribution in [0.15, 0.2) is 0 Å². The van der Waals surface area contributed by atoms with Gasteiger partial charge in [0.2, 0.25) is 0 Å². The highest BCUT2D eigenvalue weighted by Gasteiger charge is 2.11. The maximum Gasteiger partial charge on any atom is 0.00746 e. The first-order chi connectivity index (χ1) is 5.43. The van der Waals surface area contributed by atoms with Crippen molar-refractivity contribution >= 4 is 0 Å². The Hall–Kier alpha value is -0.0800. The van der Waals surface area contributed by atoms with Crippen LogP contribution >= 0.6 is 0 Å². The molecule has 0 atom stereocenters. The van der Waals surface area contributed by atoms with Gasteiger partial charge in [-0.15, -0.1) is 0 Å². The van der Waals surface area contributed by atoms with E-state index in [1.54, 1.807) is 0 Å². The van der Waals surface area contributed by atoms with E-state index in [-0.39, 0.29) is 0 Å². The molecule has 2 nitrogen and oxygen atoms in total. The fourth-order valence-corrected chi connectivity index (χ4v) is 1.80. The normalized spacial score (nSPS) is 20.5. The van der Waals surface area contributed by atoms with E-state index in [1.807, 2.05) is 0 Å². The zero-order chi connectivity index (χ0) is 7.94. The molecule has 0 aromatic rings. The minimum atomic E-state index is 0.771. The van der Waals surface area contributed by atoms with Crippen LogP contribution in [0.3, 0.4) is 0 Å². The molecule has 0 spiro atoms. The van der Waals surface area contributed by atoms with Crippen molar-refractivity contribution in [3.8, 4) is 0 Å². The summed E-state index contributed by atoms with van der Waals surface area (Å²) in [6, 6.07) is 0. The molecule has 1 rings (SSSR count). The first-order valence-electron chi connectivity index (χ1n) is 4.84. The van der Waals surface area contributed by atoms with Crippen LogP contribution in [0.2, 0.25) is 0 Å². The molecule has 2 heteroatoms. The molecule has 1 aliphatic rings. The summed E-state index contributed by atoms with van der Waals surface area (Å²) in [5.74, 6) is 0.940. The van der Waals surface area contributed by atoms with Gasteiger partial charge in [-0.3, -0.25) is 0 Å². The summed E-state index contributed by atoms with van der Waals surface area (Å²) in [5, 5.41) is 3.38. The van der Waals surface area contributed by atoms with Gasteiger partial charge in [0.25, 0.3) is 0 Å². The van der Waals surface area contributed by atoms with Crippen molar-refractivity contribution < 1.29 is 0 Å². The van der Waals surface area contributed by atoms with Crippen LogP contribution < -0.4 is 11.1 Å². The van der Waals surface area contributed by atoms with Crippen molar-refractivity contribution in [3.05, 3.63) is 0 Å². The molecule has 0 aliphatic heterocycles. The predicted molar refractivity (Wildman–Crippen MR) is 48.5 cm³/mol. The Morgan fingerprint density at radius 1 is 1.18 bits per heavy atom. The smallest absolute Gasteiger partial charge is 0.00746 e. The first kappa shape index (κ1) is 9.01. The summed E-state index contributed by atoms with van der Waals surface area (Å²) >= 11 is 0. The Bertz CT molecular complexity index is 87.6. The minimum Gasteiger partial charge on any atom is -0.329 e. The van der Waals surface area contributed by atoms with Crippen molar-refractivity contribution in [1.82, 2.24) is 5.32 Å². The van der Waals surface area contributed by atoms with Crippen LogP contribution in [0, 0.1) is 5.92 Å². The van der Waals surface area contributed by atoms with E-state index >= 15 is 0 Å². The molecule has 0 bridgehead atoms. The summed E-state index contributed by atoms with van der Waals surface area (Å²) in [6.45, 7) is 2.94. The molecule has 1 aliphatic carbocycles. The zero-order valence-corrected chi connectivity index (χ0v) is 7.31. The van der Waals surface area contributed by atoms with Gasteiger partial charge in [0.05, 0.1) is 0 Å². The Morgan fingerprint density at radius 3 is 2.55 bits per heavy atom. The molecule has 11 heavy (non-hydrogen) atoms. The van der Waals surface area contributed by atoms with Crippen LogP contribution in [0.1, 0.15) is 32.1 Å². The van der Waals surface area contributed by atoms with E-state index in [0.717, 1.165) is 19.0 Å². The van der Waals surface area contributed by atoms with Crippen molar-refractivity contribution in [3.63, 3.8) is 0 Å². The standard InChI is InChI=1S/C9H20N2/c10-6-7-11-8-9-4-2-1-3-5-9/h9,11H,1-8,10H2. The Labute approximate surface area is 69.5 Å². The maximum absolute atomic E-state index is 5.38. The predicted octanol–water partition coefficient (Wildman–Crippen LogP) is 1.11. The van der Waals surface area contributed by atoms with Crippen molar-refractivity contribution in [2.24, 2.45) is 11.7 Å². The molecule has 0 aromatic heterocycles. The minimum absolute atomic E-state index is 0.771. The van der Waals surface area contributed by atoms with Crippen LogP contribution in [-0.4, -0.2) is 19.6 Å². The van der Waals surface area contributed by atoms with Gasteiger partial charge < -0.3 is 11.1 Å². The molecule has 3 N–H and O–H groups in total. The lowest BCUT2D eigenvalue weighted by Gasteiger charge is -2.21. The largest absolute Gasteiger partial charge is 0.329 e. The fourth-order valence-electron chi connectivity index (χ4n) is 1.80. The maximum atomic E-state index is 5.38. The summed E-state index contributed by atoms with van der Waals surface area (Å²) in [5.41, 5.74) is 5.38. The lowest BCUT2D eigenvalue weighted by atomic mass is 9.89. The molecule has 1 fully saturated rings. The van der Waals surface area contributed by atoms with Gasteiger partial charge >= 0.3 is 0 Å². The first-order valence-corrected chi connectivity index (χ1v) is 4.84. The monoisotopic (exact) mass is 156 g/mol. The van der Waals surface area contributed by atoms with Gasteiger partial charge in [-0.05, 0) is 25.3 Å². The Kier molecular flexibility index (Phi) is 4.55. The summed E-state index contributed by atoms with van der Waals surface area (Å²) in [6.07, 6.45) is 7.19. The van der Waals surface area contributed by atoms with Crippen molar-refractivity contribution in [1.29, 1.82) is 0 Å². The fraction of sp³-hybridized carbons (Fsp3) is 1.00. The summed E-state index contributed by atoms with van der Waals surface area (Å²) < 4.78 is 0. The van der Waals surface area contributed by atoms with Gasteiger partial charge in [0, 0.05) is 13.1 Å². The van der Waals surface area contributed by atoms with Gasteiger partial charge in [0.1, 0.15) is 0 Å². The third kappa shape index (κ3) is 3.73. The molecule has 0 saturated heterocycles. The number of hydrogen-bond acceptors (Lipinski definition) is 2. The van der Waals surface area contributed by atoms with E-state index in [0.29, 0.717) is 0 Å². The molecule has 1 saturated carbocycles. The lowest BCUT2D eigenvalue weighted by molar-refractivity contribution is 0.344. The zero-order valence-electron chi connectivity index (χ0n) is 7.31. The van der Waals surface area contributed by atoms with Crippen molar-refractivity contribution in [2.45, 2.75) is 32.1 Å². The highest BCUT2D eigenvalue weighted by atomic mass is 14.9. The van der Waals surface area contributed by atoms with E-state index in [2.05, 4.69) is 5.32 Å². The summed E-state index contributed by atoms with van der Waals surface area (Å²) in [7, 11) is 0. The number of nitrogens with one attached hydrogen (secondary N) is 1. The average molecular weight is 156 g/mol. The second-order valence-corrected chi connectivity index (χ2v) is 3.50. The molecule has 0 unspecified atom stereocenters. The Morgan fingerprint density at radius 2 is 1.91 bits per heavy atom. The van der Waals surface area contributed by atoms with Crippen LogP contribution in [0.4, 0.5) is 0 Å². The highest BCUT2D eigenvalue weighted by Crippen LogP contribution is 2.22. The van der Waals surface area contributed by atoms with E-state index in [1.165, 1.54) is 38.6 Å². The lowest BCUT2D eigenvalue weighted by Crippen LogP contribution is -2.28. The molecular weight excluding hydrogens is 136 g/mol. The number of hydrogen-bond donors (Lipinski definition) is 2. The molecule has 0 amide bonds. The second-order valence-electron chi connectivity index (χ2n) is 3.50. The van der Waals surface area contributed by atoms with Gasteiger partial charge in [-0.2, -0.15) is 0 Å². The highest BCUT2D eigenvalue weighted by molar-refractivity contribution is 4.67. The molecule has 0 heterocycles.